The normalized spacial score (nSPS) is 36.7. The van der Waals surface area contributed by atoms with Crippen molar-refractivity contribution in [1.82, 2.24) is 5.32 Å². The van der Waals surface area contributed by atoms with E-state index in [0.29, 0.717) is 26.4 Å². The van der Waals surface area contributed by atoms with Crippen molar-refractivity contribution < 1.29 is 33.5 Å². The van der Waals surface area contributed by atoms with Crippen LogP contribution >= 0.6 is 0 Å². The van der Waals surface area contributed by atoms with Gasteiger partial charge in [-0.15, -0.1) is 0 Å². The minimum absolute atomic E-state index is 0.334. The number of benzene rings is 1. The summed E-state index contributed by atoms with van der Waals surface area (Å²) >= 11 is 0. The van der Waals surface area contributed by atoms with Crippen molar-refractivity contribution in [3.63, 3.8) is 0 Å². The highest BCUT2D eigenvalue weighted by Crippen LogP contribution is 2.34. The second-order valence-corrected chi connectivity index (χ2v) is 7.86. The van der Waals surface area contributed by atoms with Crippen molar-refractivity contribution in [1.29, 1.82) is 0 Å². The molecule has 0 bridgehead atoms. The summed E-state index contributed by atoms with van der Waals surface area (Å²) < 4.78 is 34.7. The second kappa shape index (κ2) is 9.36. The summed E-state index contributed by atoms with van der Waals surface area (Å²) in [6.45, 7) is 4.23. The summed E-state index contributed by atoms with van der Waals surface area (Å²) in [7, 11) is 1.57. The zero-order valence-electron chi connectivity index (χ0n) is 17.0. The maximum atomic E-state index is 11.0. The molecule has 0 amide bonds. The van der Waals surface area contributed by atoms with E-state index in [0.717, 1.165) is 18.4 Å². The Kier molecular flexibility index (Phi) is 6.83. The van der Waals surface area contributed by atoms with Gasteiger partial charge in [-0.3, -0.25) is 0 Å². The first-order valence-corrected chi connectivity index (χ1v) is 10.3. The van der Waals surface area contributed by atoms with Gasteiger partial charge < -0.3 is 38.8 Å². The molecule has 29 heavy (non-hydrogen) atoms. The number of aliphatic hydroxyl groups excluding tert-OH is 1. The molecular weight excluding hydrogens is 378 g/mol. The van der Waals surface area contributed by atoms with Gasteiger partial charge in [0.2, 0.25) is 0 Å². The maximum absolute atomic E-state index is 11.0. The van der Waals surface area contributed by atoms with Crippen molar-refractivity contribution in [2.24, 2.45) is 0 Å². The van der Waals surface area contributed by atoms with Crippen LogP contribution in [0.15, 0.2) is 30.3 Å². The van der Waals surface area contributed by atoms with E-state index in [9.17, 15) is 5.11 Å². The van der Waals surface area contributed by atoms with Crippen LogP contribution in [0.1, 0.15) is 31.6 Å². The predicted molar refractivity (Wildman–Crippen MR) is 103 cm³/mol. The van der Waals surface area contributed by atoms with E-state index in [4.69, 9.17) is 28.4 Å². The van der Waals surface area contributed by atoms with Crippen LogP contribution in [-0.4, -0.2) is 75.0 Å². The molecule has 4 rings (SSSR count). The number of aliphatic hydroxyl groups is 1. The molecule has 0 spiro atoms. The third-order valence-corrected chi connectivity index (χ3v) is 5.76. The summed E-state index contributed by atoms with van der Waals surface area (Å²) in [5.41, 5.74) is 0.918. The van der Waals surface area contributed by atoms with Crippen molar-refractivity contribution in [2.75, 3.05) is 33.5 Å². The van der Waals surface area contributed by atoms with Crippen LogP contribution in [0.5, 0.6) is 0 Å². The van der Waals surface area contributed by atoms with Gasteiger partial charge in [-0.1, -0.05) is 30.3 Å². The van der Waals surface area contributed by atoms with E-state index >= 15 is 0 Å². The van der Waals surface area contributed by atoms with Gasteiger partial charge in [-0.25, -0.2) is 0 Å². The summed E-state index contributed by atoms with van der Waals surface area (Å²) in [6.07, 6.45) is -1.17. The Labute approximate surface area is 171 Å². The molecule has 6 atom stereocenters. The van der Waals surface area contributed by atoms with Crippen molar-refractivity contribution in [3.05, 3.63) is 35.9 Å². The van der Waals surface area contributed by atoms with Crippen LogP contribution < -0.4 is 5.32 Å². The average Bonchev–Trinajstić information content (AvgIpc) is 3.19. The first-order chi connectivity index (χ1) is 14.1. The molecule has 0 radical (unpaired) electrons. The van der Waals surface area contributed by atoms with Gasteiger partial charge in [0.1, 0.15) is 18.3 Å². The average molecular weight is 409 g/mol. The van der Waals surface area contributed by atoms with Crippen molar-refractivity contribution in [2.45, 2.75) is 62.5 Å². The van der Waals surface area contributed by atoms with Crippen LogP contribution in [0.2, 0.25) is 0 Å². The lowest BCUT2D eigenvalue weighted by atomic mass is 9.95. The molecule has 3 aliphatic heterocycles. The highest BCUT2D eigenvalue weighted by Gasteiger charge is 2.49. The Balaban J connectivity index is 1.34. The van der Waals surface area contributed by atoms with E-state index in [1.807, 2.05) is 37.3 Å². The zero-order valence-corrected chi connectivity index (χ0v) is 17.0. The minimum Gasteiger partial charge on any atom is -0.388 e. The van der Waals surface area contributed by atoms with Gasteiger partial charge in [-0.2, -0.15) is 0 Å². The molecule has 3 aliphatic rings. The highest BCUT2D eigenvalue weighted by atomic mass is 16.7. The van der Waals surface area contributed by atoms with Gasteiger partial charge in [0, 0.05) is 19.1 Å². The monoisotopic (exact) mass is 409 g/mol. The number of hydrogen-bond acceptors (Lipinski definition) is 8. The summed E-state index contributed by atoms with van der Waals surface area (Å²) in [6, 6.07) is 9.30. The highest BCUT2D eigenvalue weighted by molar-refractivity contribution is 5.16. The molecule has 8 heteroatoms. The van der Waals surface area contributed by atoms with E-state index in [2.05, 4.69) is 5.32 Å². The molecule has 2 N–H and O–H groups in total. The molecule has 8 nitrogen and oxygen atoms in total. The quantitative estimate of drug-likeness (QED) is 0.653. The Hall–Kier alpha value is -1.10. The molecule has 0 saturated carbocycles. The molecule has 0 aliphatic carbocycles. The Morgan fingerprint density at radius 1 is 1.17 bits per heavy atom. The third kappa shape index (κ3) is 4.81. The lowest BCUT2D eigenvalue weighted by Crippen LogP contribution is -2.66. The zero-order chi connectivity index (χ0) is 20.3. The summed E-state index contributed by atoms with van der Waals surface area (Å²) in [5, 5.41) is 14.4. The molecule has 3 fully saturated rings. The first kappa shape index (κ1) is 21.1. The fraction of sp³-hybridized carbons (Fsp3) is 0.714. The van der Waals surface area contributed by atoms with E-state index in [1.54, 1.807) is 7.11 Å². The fourth-order valence-corrected chi connectivity index (χ4v) is 4.17. The summed E-state index contributed by atoms with van der Waals surface area (Å²) in [4.78, 5) is 0. The van der Waals surface area contributed by atoms with Crippen molar-refractivity contribution >= 4 is 0 Å². The van der Waals surface area contributed by atoms with Gasteiger partial charge >= 0.3 is 0 Å². The van der Waals surface area contributed by atoms with Crippen molar-refractivity contribution in [3.8, 4) is 0 Å². The number of nitrogens with one attached hydrogen (secondary N) is 1. The molecule has 0 aromatic heterocycles. The van der Waals surface area contributed by atoms with E-state index in [-0.39, 0.29) is 6.10 Å². The number of hydrogen-bond donors (Lipinski definition) is 2. The smallest absolute Gasteiger partial charge is 0.184 e. The number of ether oxygens (including phenoxy) is 6. The van der Waals surface area contributed by atoms with E-state index < -0.39 is 36.6 Å². The fourth-order valence-electron chi connectivity index (χ4n) is 4.17. The van der Waals surface area contributed by atoms with Gasteiger partial charge in [0.05, 0.1) is 25.9 Å². The molecular formula is C21H31NO7. The first-order valence-electron chi connectivity index (χ1n) is 10.3. The van der Waals surface area contributed by atoms with Crippen LogP contribution in [0.25, 0.3) is 0 Å². The SMILES string of the molecule is CO[C@H]1O[C@@H]2COC(c3ccccc3)O[C@H]2[C@H](O)[C@@H]1NCCCC1(C)OCCO1. The molecule has 162 valence electrons. The Morgan fingerprint density at radius 2 is 1.93 bits per heavy atom. The molecule has 1 aromatic rings. The van der Waals surface area contributed by atoms with Gasteiger partial charge in [0.15, 0.2) is 18.4 Å². The van der Waals surface area contributed by atoms with Crippen LogP contribution in [-0.2, 0) is 28.4 Å². The molecule has 1 aromatic carbocycles. The topological polar surface area (TPSA) is 87.6 Å². The van der Waals surface area contributed by atoms with Gasteiger partial charge in [-0.05, 0) is 19.9 Å². The Bertz CT molecular complexity index is 639. The van der Waals surface area contributed by atoms with Crippen LogP contribution in [0, 0.1) is 0 Å². The standard InChI is InChI=1S/C21H31NO7/c1-21(26-11-12-27-21)9-6-10-22-16-17(23)18-15(28-20(16)24-2)13-25-19(29-18)14-7-4-3-5-8-14/h3-5,7-8,15-20,22-23H,6,9-13H2,1-2H3/t15-,16+,17-,18-,19?,20+/m1/s1. The van der Waals surface area contributed by atoms with Crippen LogP contribution in [0.3, 0.4) is 0 Å². The molecule has 1 unspecified atom stereocenters. The molecule has 3 saturated heterocycles. The number of fused-ring (bicyclic) bond motifs is 1. The predicted octanol–water partition coefficient (Wildman–Crippen LogP) is 1.33. The third-order valence-electron chi connectivity index (χ3n) is 5.76. The summed E-state index contributed by atoms with van der Waals surface area (Å²) in [5.74, 6) is -0.512. The maximum Gasteiger partial charge on any atom is 0.184 e. The largest absolute Gasteiger partial charge is 0.388 e. The number of rotatable bonds is 7. The second-order valence-electron chi connectivity index (χ2n) is 7.86. The lowest BCUT2D eigenvalue weighted by molar-refractivity contribution is -0.341. The van der Waals surface area contributed by atoms with Crippen LogP contribution in [0.4, 0.5) is 0 Å². The number of methoxy groups -OCH3 is 1. The minimum atomic E-state index is -0.789. The Morgan fingerprint density at radius 3 is 2.66 bits per heavy atom. The molecule has 3 heterocycles. The van der Waals surface area contributed by atoms with E-state index in [1.165, 1.54) is 0 Å². The van der Waals surface area contributed by atoms with Gasteiger partial charge in [0.25, 0.3) is 0 Å². The lowest BCUT2D eigenvalue weighted by Gasteiger charge is -2.47.